The van der Waals surface area contributed by atoms with Crippen molar-refractivity contribution in [1.29, 1.82) is 0 Å². The van der Waals surface area contributed by atoms with Crippen LogP contribution in [0.15, 0.2) is 22.0 Å². The number of hydrogen-bond acceptors (Lipinski definition) is 7. The quantitative estimate of drug-likeness (QED) is 0.863. The van der Waals surface area contributed by atoms with E-state index in [1.165, 1.54) is 4.90 Å². The van der Waals surface area contributed by atoms with Gasteiger partial charge in [0.2, 0.25) is 5.89 Å². The van der Waals surface area contributed by atoms with E-state index in [1.54, 1.807) is 11.3 Å². The van der Waals surface area contributed by atoms with Crippen LogP contribution in [0.2, 0.25) is 0 Å². The summed E-state index contributed by atoms with van der Waals surface area (Å²) >= 11 is 1.62. The lowest BCUT2D eigenvalue weighted by atomic mass is 10.3. The van der Waals surface area contributed by atoms with Crippen LogP contribution in [0.1, 0.15) is 16.6 Å². The van der Waals surface area contributed by atoms with Gasteiger partial charge in [-0.3, -0.25) is 0 Å². The van der Waals surface area contributed by atoms with Crippen molar-refractivity contribution in [1.82, 2.24) is 20.4 Å². The highest BCUT2D eigenvalue weighted by Crippen LogP contribution is 2.12. The van der Waals surface area contributed by atoms with Crippen molar-refractivity contribution < 1.29 is 17.7 Å². The zero-order chi connectivity index (χ0) is 16.3. The van der Waals surface area contributed by atoms with Crippen molar-refractivity contribution in [3.05, 3.63) is 34.1 Å². The number of urea groups is 1. The van der Waals surface area contributed by atoms with Gasteiger partial charge in [0.05, 0.1) is 18.1 Å². The van der Waals surface area contributed by atoms with Gasteiger partial charge in [-0.05, 0) is 11.4 Å². The minimum absolute atomic E-state index is 0.00589. The average Bonchev–Trinajstić information content (AvgIpc) is 3.17. The van der Waals surface area contributed by atoms with E-state index in [-0.39, 0.29) is 37.2 Å². The summed E-state index contributed by atoms with van der Waals surface area (Å²) in [4.78, 5) is 18.8. The van der Waals surface area contributed by atoms with Crippen LogP contribution >= 0.6 is 11.3 Å². The molecule has 0 unspecified atom stereocenters. The number of nitrogens with one attached hydrogen (secondary N) is 1. The van der Waals surface area contributed by atoms with Gasteiger partial charge in [-0.1, -0.05) is 11.2 Å². The zero-order valence-corrected chi connectivity index (χ0v) is 13.9. The molecule has 0 atom stereocenters. The van der Waals surface area contributed by atoms with Crippen molar-refractivity contribution >= 4 is 27.2 Å². The molecule has 0 aliphatic carbocycles. The fourth-order valence-electron chi connectivity index (χ4n) is 2.18. The summed E-state index contributed by atoms with van der Waals surface area (Å²) in [7, 11) is -3.00. The van der Waals surface area contributed by atoms with Crippen molar-refractivity contribution in [3.8, 4) is 0 Å². The minimum atomic E-state index is -3.00. The fraction of sp³-hybridized carbons (Fsp3) is 0.462. The summed E-state index contributed by atoms with van der Waals surface area (Å²) in [6, 6.07) is 3.63. The number of thiophene rings is 1. The summed E-state index contributed by atoms with van der Waals surface area (Å²) in [6.07, 6.45) is 0.596. The maximum absolute atomic E-state index is 12.0. The molecule has 0 saturated carbocycles. The first kappa shape index (κ1) is 15.9. The van der Waals surface area contributed by atoms with Gasteiger partial charge >= 0.3 is 6.03 Å². The molecule has 1 fully saturated rings. The van der Waals surface area contributed by atoms with Crippen molar-refractivity contribution in [2.75, 3.05) is 24.6 Å². The molecule has 1 aliphatic heterocycles. The van der Waals surface area contributed by atoms with E-state index in [1.807, 2.05) is 17.5 Å². The van der Waals surface area contributed by atoms with E-state index in [0.717, 1.165) is 4.88 Å². The number of sulfone groups is 1. The van der Waals surface area contributed by atoms with Gasteiger partial charge in [-0.25, -0.2) is 13.2 Å². The number of carbonyl (C=O) groups is 1. The zero-order valence-electron chi connectivity index (χ0n) is 12.3. The Hall–Kier alpha value is -1.94. The van der Waals surface area contributed by atoms with E-state index in [0.29, 0.717) is 18.1 Å². The van der Waals surface area contributed by atoms with Crippen molar-refractivity contribution in [2.45, 2.75) is 13.0 Å². The Morgan fingerprint density at radius 2 is 2.17 bits per heavy atom. The highest BCUT2D eigenvalue weighted by atomic mass is 32.2. The second-order valence-corrected chi connectivity index (χ2v) is 8.49. The predicted octanol–water partition coefficient (Wildman–Crippen LogP) is 0.662. The normalized spacial score (nSPS) is 17.1. The van der Waals surface area contributed by atoms with E-state index in [9.17, 15) is 13.2 Å². The van der Waals surface area contributed by atoms with Gasteiger partial charge in [0.25, 0.3) is 0 Å². The van der Waals surface area contributed by atoms with Crippen LogP contribution in [-0.4, -0.2) is 54.1 Å². The Labute approximate surface area is 137 Å². The number of rotatable bonds is 4. The molecule has 3 heterocycles. The van der Waals surface area contributed by atoms with Gasteiger partial charge in [0.15, 0.2) is 15.7 Å². The Balaban J connectivity index is 1.49. The minimum Gasteiger partial charge on any atom is -0.337 e. The smallest absolute Gasteiger partial charge is 0.317 e. The monoisotopic (exact) mass is 356 g/mol. The second-order valence-electron chi connectivity index (χ2n) is 5.16. The molecule has 8 nitrogen and oxygen atoms in total. The molecule has 1 N–H and O–H groups in total. The number of amides is 2. The molecule has 10 heteroatoms. The third kappa shape index (κ3) is 4.29. The third-order valence-electron chi connectivity index (χ3n) is 3.45. The lowest BCUT2D eigenvalue weighted by Crippen LogP contribution is -2.48. The fourth-order valence-corrected chi connectivity index (χ4v) is 4.08. The standard InChI is InChI=1S/C13H16N4O4S2/c18-13(17-3-6-23(19,20)7-4-17)14-9-12-15-11(16-21-12)8-10-2-1-5-22-10/h1-2,5H,3-4,6-9H2,(H,14,18). The number of hydrogen-bond donors (Lipinski definition) is 1. The predicted molar refractivity (Wildman–Crippen MR) is 83.9 cm³/mol. The third-order valence-corrected chi connectivity index (χ3v) is 5.93. The largest absolute Gasteiger partial charge is 0.337 e. The Morgan fingerprint density at radius 1 is 1.39 bits per heavy atom. The lowest BCUT2D eigenvalue weighted by molar-refractivity contribution is 0.200. The van der Waals surface area contributed by atoms with Crippen LogP contribution in [0.5, 0.6) is 0 Å². The number of aromatic nitrogens is 2. The maximum Gasteiger partial charge on any atom is 0.317 e. The van der Waals surface area contributed by atoms with Crippen LogP contribution in [0.3, 0.4) is 0 Å². The van der Waals surface area contributed by atoms with Crippen LogP contribution < -0.4 is 5.32 Å². The van der Waals surface area contributed by atoms with Gasteiger partial charge in [0.1, 0.15) is 0 Å². The molecule has 2 aromatic heterocycles. The van der Waals surface area contributed by atoms with E-state index in [2.05, 4.69) is 15.5 Å². The summed E-state index contributed by atoms with van der Waals surface area (Å²) in [5, 5.41) is 8.53. The molecular weight excluding hydrogens is 340 g/mol. The average molecular weight is 356 g/mol. The highest BCUT2D eigenvalue weighted by Gasteiger charge is 2.25. The van der Waals surface area contributed by atoms with E-state index < -0.39 is 9.84 Å². The Morgan fingerprint density at radius 3 is 2.87 bits per heavy atom. The molecule has 0 spiro atoms. The first-order chi connectivity index (χ1) is 11.0. The molecule has 0 radical (unpaired) electrons. The molecule has 2 amide bonds. The molecular formula is C13H16N4O4S2. The van der Waals surface area contributed by atoms with Crippen LogP contribution in [0.25, 0.3) is 0 Å². The first-order valence-electron chi connectivity index (χ1n) is 7.09. The van der Waals surface area contributed by atoms with Gasteiger partial charge in [-0.2, -0.15) is 4.98 Å². The van der Waals surface area contributed by atoms with Gasteiger partial charge in [0, 0.05) is 24.4 Å². The Bertz CT molecular complexity index is 756. The van der Waals surface area contributed by atoms with Gasteiger partial charge < -0.3 is 14.7 Å². The lowest BCUT2D eigenvalue weighted by Gasteiger charge is -2.26. The molecule has 1 saturated heterocycles. The highest BCUT2D eigenvalue weighted by molar-refractivity contribution is 7.91. The number of carbonyl (C=O) groups excluding carboxylic acids is 1. The molecule has 0 aromatic carbocycles. The van der Waals surface area contributed by atoms with Crippen LogP contribution in [-0.2, 0) is 22.8 Å². The first-order valence-corrected chi connectivity index (χ1v) is 9.79. The molecule has 3 rings (SSSR count). The summed E-state index contributed by atoms with van der Waals surface area (Å²) in [5.41, 5.74) is 0. The van der Waals surface area contributed by atoms with E-state index >= 15 is 0 Å². The molecule has 124 valence electrons. The molecule has 23 heavy (non-hydrogen) atoms. The molecule has 1 aliphatic rings. The van der Waals surface area contributed by atoms with Crippen LogP contribution in [0.4, 0.5) is 4.79 Å². The van der Waals surface area contributed by atoms with Crippen molar-refractivity contribution in [2.24, 2.45) is 0 Å². The summed E-state index contributed by atoms with van der Waals surface area (Å²) in [5.74, 6) is 0.910. The summed E-state index contributed by atoms with van der Waals surface area (Å²) < 4.78 is 27.8. The summed E-state index contributed by atoms with van der Waals surface area (Å²) in [6.45, 7) is 0.544. The molecule has 2 aromatic rings. The Kier molecular flexibility index (Phi) is 4.62. The van der Waals surface area contributed by atoms with Crippen molar-refractivity contribution in [3.63, 3.8) is 0 Å². The topological polar surface area (TPSA) is 105 Å². The molecule has 0 bridgehead atoms. The van der Waals surface area contributed by atoms with Gasteiger partial charge in [-0.15, -0.1) is 11.3 Å². The SMILES string of the molecule is O=C(NCc1nc(Cc2cccs2)no1)N1CCS(=O)(=O)CC1. The van der Waals surface area contributed by atoms with E-state index in [4.69, 9.17) is 4.52 Å². The maximum atomic E-state index is 12.0. The second kappa shape index (κ2) is 6.67. The van der Waals surface area contributed by atoms with Crippen LogP contribution in [0, 0.1) is 0 Å². The number of nitrogens with zero attached hydrogens (tertiary/aromatic N) is 3.